The first-order valence-corrected chi connectivity index (χ1v) is 14.0. The molecule has 0 spiro atoms. The van der Waals surface area contributed by atoms with Crippen molar-refractivity contribution in [3.63, 3.8) is 0 Å². The lowest BCUT2D eigenvalue weighted by Gasteiger charge is -2.32. The highest BCUT2D eigenvalue weighted by Crippen LogP contribution is 2.50. The Bertz CT molecular complexity index is 2010. The molecule has 0 atom stereocenters. The highest BCUT2D eigenvalue weighted by molar-refractivity contribution is 5.96. The van der Waals surface area contributed by atoms with E-state index in [9.17, 15) is 0 Å². The summed E-state index contributed by atoms with van der Waals surface area (Å²) < 4.78 is 6.19. The SMILES string of the molecule is c1ccc(-c2ccc3nc(-c4ccc(N5c6ccccc6Oc6ccccc65)cc4)nc(-c4ccccc4)c3c2)cc1. The van der Waals surface area contributed by atoms with Gasteiger partial charge < -0.3 is 9.64 Å². The van der Waals surface area contributed by atoms with Gasteiger partial charge in [-0.15, -0.1) is 0 Å². The van der Waals surface area contributed by atoms with Crippen molar-refractivity contribution in [2.45, 2.75) is 0 Å². The second kappa shape index (κ2) is 10.0. The van der Waals surface area contributed by atoms with Gasteiger partial charge in [-0.2, -0.15) is 0 Å². The molecule has 1 aromatic heterocycles. The summed E-state index contributed by atoms with van der Waals surface area (Å²) in [5.74, 6) is 2.36. The van der Waals surface area contributed by atoms with E-state index >= 15 is 0 Å². The highest BCUT2D eigenvalue weighted by atomic mass is 16.5. The summed E-state index contributed by atoms with van der Waals surface area (Å²) in [5.41, 5.74) is 9.23. The molecule has 0 aliphatic carbocycles. The summed E-state index contributed by atoms with van der Waals surface area (Å²) in [4.78, 5) is 12.4. The van der Waals surface area contributed by atoms with E-state index in [1.807, 2.05) is 48.5 Å². The number of hydrogen-bond acceptors (Lipinski definition) is 4. The molecule has 1 aliphatic rings. The Labute approximate surface area is 244 Å². The van der Waals surface area contributed by atoms with E-state index in [2.05, 4.69) is 108 Å². The zero-order chi connectivity index (χ0) is 27.9. The number of rotatable bonds is 4. The molecule has 198 valence electrons. The largest absolute Gasteiger partial charge is 0.453 e. The van der Waals surface area contributed by atoms with Crippen molar-refractivity contribution < 1.29 is 4.74 Å². The van der Waals surface area contributed by atoms with Gasteiger partial charge in [0.1, 0.15) is 0 Å². The molecule has 8 rings (SSSR count). The predicted molar refractivity (Wildman–Crippen MR) is 171 cm³/mol. The zero-order valence-electron chi connectivity index (χ0n) is 22.7. The summed E-state index contributed by atoms with van der Waals surface area (Å²) in [5, 5.41) is 1.03. The third kappa shape index (κ3) is 4.18. The summed E-state index contributed by atoms with van der Waals surface area (Å²) >= 11 is 0. The number of benzene rings is 6. The Balaban J connectivity index is 1.24. The van der Waals surface area contributed by atoms with Crippen LogP contribution >= 0.6 is 0 Å². The Morgan fingerprint density at radius 3 is 1.69 bits per heavy atom. The number of fused-ring (bicyclic) bond motifs is 3. The number of hydrogen-bond donors (Lipinski definition) is 0. The maximum absolute atomic E-state index is 6.19. The maximum Gasteiger partial charge on any atom is 0.160 e. The van der Waals surface area contributed by atoms with Gasteiger partial charge in [0, 0.05) is 22.2 Å². The predicted octanol–water partition coefficient (Wildman–Crippen LogP) is 10.2. The monoisotopic (exact) mass is 539 g/mol. The van der Waals surface area contributed by atoms with E-state index in [0.717, 1.165) is 61.8 Å². The molecular formula is C38H25N3O. The molecule has 0 saturated heterocycles. The van der Waals surface area contributed by atoms with E-state index in [0.29, 0.717) is 5.82 Å². The van der Waals surface area contributed by atoms with E-state index in [4.69, 9.17) is 14.7 Å². The van der Waals surface area contributed by atoms with Crippen molar-refractivity contribution >= 4 is 28.0 Å². The van der Waals surface area contributed by atoms with Crippen molar-refractivity contribution in [1.29, 1.82) is 0 Å². The molecular weight excluding hydrogens is 514 g/mol. The van der Waals surface area contributed by atoms with Crippen LogP contribution in [0.15, 0.2) is 152 Å². The van der Waals surface area contributed by atoms with Crippen LogP contribution in [-0.2, 0) is 0 Å². The lowest BCUT2D eigenvalue weighted by molar-refractivity contribution is 0.477. The zero-order valence-corrected chi connectivity index (χ0v) is 22.7. The van der Waals surface area contributed by atoms with Crippen molar-refractivity contribution in [3.05, 3.63) is 152 Å². The second-order valence-corrected chi connectivity index (χ2v) is 10.3. The van der Waals surface area contributed by atoms with Crippen LogP contribution in [0.5, 0.6) is 11.5 Å². The second-order valence-electron chi connectivity index (χ2n) is 10.3. The highest BCUT2D eigenvalue weighted by Gasteiger charge is 2.25. The van der Waals surface area contributed by atoms with Gasteiger partial charge in [-0.05, 0) is 71.8 Å². The van der Waals surface area contributed by atoms with E-state index in [1.54, 1.807) is 0 Å². The van der Waals surface area contributed by atoms with Gasteiger partial charge in [0.15, 0.2) is 17.3 Å². The average molecular weight is 540 g/mol. The van der Waals surface area contributed by atoms with Crippen LogP contribution in [0, 0.1) is 0 Å². The molecule has 42 heavy (non-hydrogen) atoms. The first-order chi connectivity index (χ1) is 20.8. The van der Waals surface area contributed by atoms with Gasteiger partial charge in [-0.1, -0.05) is 91.0 Å². The van der Waals surface area contributed by atoms with Gasteiger partial charge in [-0.3, -0.25) is 0 Å². The number of aromatic nitrogens is 2. The van der Waals surface area contributed by atoms with Crippen LogP contribution < -0.4 is 9.64 Å². The van der Waals surface area contributed by atoms with E-state index < -0.39 is 0 Å². The average Bonchev–Trinajstić information content (AvgIpc) is 3.07. The van der Waals surface area contributed by atoms with Crippen LogP contribution in [0.1, 0.15) is 0 Å². The normalized spacial score (nSPS) is 12.0. The van der Waals surface area contributed by atoms with Crippen molar-refractivity contribution in [3.8, 4) is 45.3 Å². The molecule has 6 aromatic carbocycles. The lowest BCUT2D eigenvalue weighted by atomic mass is 10.00. The number of nitrogens with zero attached hydrogens (tertiary/aromatic N) is 3. The minimum Gasteiger partial charge on any atom is -0.453 e. The molecule has 4 nitrogen and oxygen atoms in total. The molecule has 4 heteroatoms. The minimum atomic E-state index is 0.697. The third-order valence-electron chi connectivity index (χ3n) is 7.67. The third-order valence-corrected chi connectivity index (χ3v) is 7.67. The van der Waals surface area contributed by atoms with E-state index in [-0.39, 0.29) is 0 Å². The van der Waals surface area contributed by atoms with Crippen LogP contribution in [-0.4, -0.2) is 9.97 Å². The smallest absolute Gasteiger partial charge is 0.160 e. The first kappa shape index (κ1) is 24.1. The molecule has 7 aromatic rings. The fraction of sp³-hybridized carbons (Fsp3) is 0. The van der Waals surface area contributed by atoms with Gasteiger partial charge in [0.25, 0.3) is 0 Å². The Morgan fingerprint density at radius 2 is 1.02 bits per heavy atom. The summed E-state index contributed by atoms with van der Waals surface area (Å²) in [7, 11) is 0. The summed E-state index contributed by atoms with van der Waals surface area (Å²) in [6.45, 7) is 0. The molecule has 0 bridgehead atoms. The Morgan fingerprint density at radius 1 is 0.452 bits per heavy atom. The Hall–Kier alpha value is -5.74. The van der Waals surface area contributed by atoms with Gasteiger partial charge >= 0.3 is 0 Å². The van der Waals surface area contributed by atoms with Gasteiger partial charge in [-0.25, -0.2) is 9.97 Å². The number of para-hydroxylation sites is 4. The maximum atomic E-state index is 6.19. The molecule has 0 fully saturated rings. The molecule has 0 amide bonds. The van der Waals surface area contributed by atoms with Gasteiger partial charge in [0.05, 0.1) is 22.6 Å². The van der Waals surface area contributed by atoms with Crippen molar-refractivity contribution in [2.75, 3.05) is 4.90 Å². The van der Waals surface area contributed by atoms with Crippen LogP contribution in [0.4, 0.5) is 17.1 Å². The quantitative estimate of drug-likeness (QED) is 0.223. The van der Waals surface area contributed by atoms with Crippen LogP contribution in [0.25, 0.3) is 44.7 Å². The van der Waals surface area contributed by atoms with Crippen LogP contribution in [0.2, 0.25) is 0 Å². The fourth-order valence-corrected chi connectivity index (χ4v) is 5.63. The molecule has 0 saturated carbocycles. The molecule has 2 heterocycles. The lowest BCUT2D eigenvalue weighted by Crippen LogP contribution is -2.15. The Kier molecular flexibility index (Phi) is 5.75. The number of anilines is 3. The summed E-state index contributed by atoms with van der Waals surface area (Å²) in [6.07, 6.45) is 0. The first-order valence-electron chi connectivity index (χ1n) is 14.0. The molecule has 1 aliphatic heterocycles. The van der Waals surface area contributed by atoms with Crippen LogP contribution in [0.3, 0.4) is 0 Å². The minimum absolute atomic E-state index is 0.697. The van der Waals surface area contributed by atoms with E-state index in [1.165, 1.54) is 5.56 Å². The molecule has 0 radical (unpaired) electrons. The van der Waals surface area contributed by atoms with Gasteiger partial charge in [0.2, 0.25) is 0 Å². The topological polar surface area (TPSA) is 38.2 Å². The standard InChI is InChI=1S/C38H25N3O/c1-3-11-26(12-4-1)29-21-24-32-31(25-29)37(27-13-5-2-6-14-27)40-38(39-32)28-19-22-30(23-20-28)41-33-15-7-9-17-35(33)42-36-18-10-8-16-34(36)41/h1-25H. The molecule has 0 N–H and O–H groups in total. The van der Waals surface area contributed by atoms with Crippen molar-refractivity contribution in [2.24, 2.45) is 0 Å². The summed E-state index contributed by atoms with van der Waals surface area (Å²) in [6, 6.07) is 51.9. The van der Waals surface area contributed by atoms with Crippen molar-refractivity contribution in [1.82, 2.24) is 9.97 Å². The fourth-order valence-electron chi connectivity index (χ4n) is 5.63. The molecule has 0 unspecified atom stereocenters. The number of ether oxygens (including phenoxy) is 1.